The predicted octanol–water partition coefficient (Wildman–Crippen LogP) is 2.08. The zero-order valence-electron chi connectivity index (χ0n) is 11.5. The van der Waals surface area contributed by atoms with Gasteiger partial charge in [0.15, 0.2) is 0 Å². The zero-order valence-corrected chi connectivity index (χ0v) is 11.5. The molecular formula is C15H19NO4. The molecule has 1 saturated carbocycles. The zero-order chi connectivity index (χ0) is 14.8. The van der Waals surface area contributed by atoms with Crippen molar-refractivity contribution in [3.05, 3.63) is 29.3 Å². The van der Waals surface area contributed by atoms with E-state index in [1.807, 2.05) is 0 Å². The summed E-state index contributed by atoms with van der Waals surface area (Å²) in [5, 5.41) is 21.3. The monoisotopic (exact) mass is 277 g/mol. The molecule has 0 unspecified atom stereocenters. The molecule has 1 aromatic rings. The predicted molar refractivity (Wildman–Crippen MR) is 73.7 cm³/mol. The van der Waals surface area contributed by atoms with Gasteiger partial charge in [0.05, 0.1) is 6.42 Å². The second kappa shape index (κ2) is 5.53. The number of amides is 1. The molecule has 1 fully saturated rings. The minimum absolute atomic E-state index is 0.0848. The van der Waals surface area contributed by atoms with Crippen LogP contribution in [0.15, 0.2) is 18.2 Å². The number of carboxylic acid groups (broad SMARTS) is 1. The third kappa shape index (κ3) is 3.10. The van der Waals surface area contributed by atoms with E-state index >= 15 is 0 Å². The minimum atomic E-state index is -0.827. The number of carbonyl (C=O) groups excluding carboxylic acids is 1. The van der Waals surface area contributed by atoms with Gasteiger partial charge in [-0.3, -0.25) is 9.59 Å². The Hall–Kier alpha value is -2.04. The van der Waals surface area contributed by atoms with Crippen molar-refractivity contribution in [3.8, 4) is 5.75 Å². The fraction of sp³-hybridized carbons (Fsp3) is 0.467. The molecule has 1 aromatic carbocycles. The van der Waals surface area contributed by atoms with Crippen LogP contribution in [0, 0.1) is 12.3 Å². The third-order valence-corrected chi connectivity index (χ3v) is 4.04. The highest BCUT2D eigenvalue weighted by atomic mass is 16.4. The number of rotatable bonds is 5. The van der Waals surface area contributed by atoms with Crippen molar-refractivity contribution < 1.29 is 19.8 Å². The first-order valence-electron chi connectivity index (χ1n) is 6.71. The second-order valence-corrected chi connectivity index (χ2v) is 5.61. The van der Waals surface area contributed by atoms with Gasteiger partial charge in [0.2, 0.25) is 0 Å². The summed E-state index contributed by atoms with van der Waals surface area (Å²) >= 11 is 0. The molecule has 1 aliphatic carbocycles. The average Bonchev–Trinajstić information content (AvgIpc) is 2.35. The van der Waals surface area contributed by atoms with Gasteiger partial charge in [0.25, 0.3) is 5.91 Å². The Labute approximate surface area is 117 Å². The highest BCUT2D eigenvalue weighted by Crippen LogP contribution is 2.43. The van der Waals surface area contributed by atoms with Crippen LogP contribution in [0.5, 0.6) is 5.75 Å². The summed E-state index contributed by atoms with van der Waals surface area (Å²) in [6, 6.07) is 4.75. The number of aliphatic carboxylic acids is 1. The fourth-order valence-electron chi connectivity index (χ4n) is 2.53. The first-order chi connectivity index (χ1) is 9.42. The third-order valence-electron chi connectivity index (χ3n) is 4.04. The lowest BCUT2D eigenvalue weighted by Gasteiger charge is -2.40. The van der Waals surface area contributed by atoms with E-state index < -0.39 is 5.97 Å². The Balaban J connectivity index is 1.97. The van der Waals surface area contributed by atoms with Gasteiger partial charge in [0.1, 0.15) is 5.75 Å². The smallest absolute Gasteiger partial charge is 0.303 e. The molecule has 1 aliphatic rings. The van der Waals surface area contributed by atoms with Gasteiger partial charge in [-0.05, 0) is 42.9 Å². The van der Waals surface area contributed by atoms with Crippen molar-refractivity contribution in [3.63, 3.8) is 0 Å². The molecule has 2 rings (SSSR count). The Morgan fingerprint density at radius 1 is 1.35 bits per heavy atom. The maximum absolute atomic E-state index is 12.0. The van der Waals surface area contributed by atoms with E-state index in [1.165, 1.54) is 6.07 Å². The molecule has 0 aromatic heterocycles. The molecule has 20 heavy (non-hydrogen) atoms. The first-order valence-corrected chi connectivity index (χ1v) is 6.71. The molecule has 0 radical (unpaired) electrons. The molecule has 5 heteroatoms. The summed E-state index contributed by atoms with van der Waals surface area (Å²) in [7, 11) is 0. The maximum Gasteiger partial charge on any atom is 0.303 e. The number of hydrogen-bond donors (Lipinski definition) is 3. The lowest BCUT2D eigenvalue weighted by Crippen LogP contribution is -2.43. The number of nitrogens with one attached hydrogen (secondary N) is 1. The van der Waals surface area contributed by atoms with E-state index in [-0.39, 0.29) is 23.5 Å². The Morgan fingerprint density at radius 3 is 2.55 bits per heavy atom. The summed E-state index contributed by atoms with van der Waals surface area (Å²) in [4.78, 5) is 22.9. The van der Waals surface area contributed by atoms with Crippen molar-refractivity contribution in [1.29, 1.82) is 0 Å². The number of carbonyl (C=O) groups is 2. The maximum atomic E-state index is 12.0. The molecule has 3 N–H and O–H groups in total. The Bertz CT molecular complexity index is 535. The van der Waals surface area contributed by atoms with Crippen molar-refractivity contribution in [1.82, 2.24) is 5.32 Å². The van der Waals surface area contributed by atoms with Gasteiger partial charge in [0, 0.05) is 12.1 Å². The highest BCUT2D eigenvalue weighted by Gasteiger charge is 2.39. The van der Waals surface area contributed by atoms with Gasteiger partial charge in [-0.25, -0.2) is 0 Å². The molecule has 108 valence electrons. The molecule has 0 saturated heterocycles. The van der Waals surface area contributed by atoms with Crippen LogP contribution in [-0.2, 0) is 4.79 Å². The minimum Gasteiger partial charge on any atom is -0.508 e. The highest BCUT2D eigenvalue weighted by molar-refractivity contribution is 5.94. The molecule has 5 nitrogen and oxygen atoms in total. The number of phenols is 1. The van der Waals surface area contributed by atoms with Gasteiger partial charge >= 0.3 is 5.97 Å². The van der Waals surface area contributed by atoms with E-state index in [1.54, 1.807) is 19.1 Å². The van der Waals surface area contributed by atoms with Crippen LogP contribution in [0.4, 0.5) is 0 Å². The van der Waals surface area contributed by atoms with Crippen LogP contribution < -0.4 is 5.32 Å². The van der Waals surface area contributed by atoms with Crippen molar-refractivity contribution in [2.24, 2.45) is 5.41 Å². The van der Waals surface area contributed by atoms with Crippen LogP contribution in [0.3, 0.4) is 0 Å². The fourth-order valence-corrected chi connectivity index (χ4v) is 2.53. The second-order valence-electron chi connectivity index (χ2n) is 5.61. The summed E-state index contributed by atoms with van der Waals surface area (Å²) in [6.45, 7) is 2.13. The van der Waals surface area contributed by atoms with Crippen LogP contribution in [0.2, 0.25) is 0 Å². The largest absolute Gasteiger partial charge is 0.508 e. The Kier molecular flexibility index (Phi) is 3.97. The van der Waals surface area contributed by atoms with E-state index in [0.717, 1.165) is 19.3 Å². The number of hydrogen-bond acceptors (Lipinski definition) is 3. The van der Waals surface area contributed by atoms with Gasteiger partial charge < -0.3 is 15.5 Å². The lowest BCUT2D eigenvalue weighted by molar-refractivity contribution is -0.141. The standard InChI is InChI=1S/C15H19NO4/c1-10-3-4-11(7-12(10)17)14(20)16-9-15(5-2-6-15)8-13(18)19/h3-4,7,17H,2,5-6,8-9H2,1H3,(H,16,20)(H,18,19). The van der Waals surface area contributed by atoms with Gasteiger partial charge in [-0.1, -0.05) is 12.5 Å². The molecule has 0 bridgehead atoms. The van der Waals surface area contributed by atoms with Crippen molar-refractivity contribution >= 4 is 11.9 Å². The number of phenolic OH excluding ortho intramolecular Hbond substituents is 1. The molecular weight excluding hydrogens is 258 g/mol. The summed E-state index contributed by atoms with van der Waals surface area (Å²) in [6.07, 6.45) is 2.76. The van der Waals surface area contributed by atoms with Gasteiger partial charge in [-0.2, -0.15) is 0 Å². The number of benzene rings is 1. The topological polar surface area (TPSA) is 86.6 Å². The Morgan fingerprint density at radius 2 is 2.05 bits per heavy atom. The number of aromatic hydroxyl groups is 1. The van der Waals surface area contributed by atoms with Crippen LogP contribution in [0.25, 0.3) is 0 Å². The van der Waals surface area contributed by atoms with Crippen molar-refractivity contribution in [2.45, 2.75) is 32.6 Å². The van der Waals surface area contributed by atoms with E-state index in [0.29, 0.717) is 17.7 Å². The van der Waals surface area contributed by atoms with Crippen LogP contribution in [-0.4, -0.2) is 28.6 Å². The van der Waals surface area contributed by atoms with E-state index in [4.69, 9.17) is 5.11 Å². The lowest BCUT2D eigenvalue weighted by atomic mass is 9.66. The summed E-state index contributed by atoms with van der Waals surface area (Å²) in [5.41, 5.74) is 0.801. The molecule has 0 atom stereocenters. The molecule has 0 aliphatic heterocycles. The number of carboxylic acids is 1. The molecule has 1 amide bonds. The molecule has 0 spiro atoms. The normalized spacial score (nSPS) is 16.2. The van der Waals surface area contributed by atoms with Crippen LogP contribution in [0.1, 0.15) is 41.6 Å². The summed E-state index contributed by atoms with van der Waals surface area (Å²) in [5.74, 6) is -1.02. The van der Waals surface area contributed by atoms with Gasteiger partial charge in [-0.15, -0.1) is 0 Å². The van der Waals surface area contributed by atoms with E-state index in [9.17, 15) is 14.7 Å². The molecule has 0 heterocycles. The quantitative estimate of drug-likeness (QED) is 0.769. The van der Waals surface area contributed by atoms with E-state index in [2.05, 4.69) is 5.32 Å². The van der Waals surface area contributed by atoms with Crippen molar-refractivity contribution in [2.75, 3.05) is 6.54 Å². The summed E-state index contributed by atoms with van der Waals surface area (Å²) < 4.78 is 0. The SMILES string of the molecule is Cc1ccc(C(=O)NCC2(CC(=O)O)CCC2)cc1O. The first kappa shape index (κ1) is 14.4. The number of aryl methyl sites for hydroxylation is 1. The average molecular weight is 277 g/mol. The van der Waals surface area contributed by atoms with Crippen LogP contribution >= 0.6 is 0 Å².